The average Bonchev–Trinajstić information content (AvgIpc) is 2.73. The molecule has 1 unspecified atom stereocenters. The van der Waals surface area contributed by atoms with Gasteiger partial charge < -0.3 is 20.1 Å². The highest BCUT2D eigenvalue weighted by molar-refractivity contribution is 6.52. The van der Waals surface area contributed by atoms with Gasteiger partial charge >= 0.3 is 0 Å². The lowest BCUT2D eigenvalue weighted by Gasteiger charge is -2.34. The zero-order valence-corrected chi connectivity index (χ0v) is 11.3. The fourth-order valence-corrected chi connectivity index (χ4v) is 2.73. The van der Waals surface area contributed by atoms with Crippen LogP contribution in [0, 0.1) is 0 Å². The van der Waals surface area contributed by atoms with Gasteiger partial charge in [-0.1, -0.05) is 11.6 Å². The van der Waals surface area contributed by atoms with Crippen molar-refractivity contribution in [3.8, 4) is 0 Å². The van der Waals surface area contributed by atoms with E-state index in [1.165, 1.54) is 6.07 Å². The molecule has 0 bridgehead atoms. The number of nitrogens with one attached hydrogen (secondary N) is 1. The fraction of sp³-hybridized carbons (Fsp3) is 0.385. The Balaban J connectivity index is 1.93. The van der Waals surface area contributed by atoms with Crippen LogP contribution < -0.4 is 10.2 Å². The van der Waals surface area contributed by atoms with E-state index in [0.717, 1.165) is 5.69 Å². The van der Waals surface area contributed by atoms with E-state index >= 15 is 0 Å². The smallest absolute Gasteiger partial charge is 0.296 e. The van der Waals surface area contributed by atoms with Crippen LogP contribution in [0.1, 0.15) is 10.4 Å². The van der Waals surface area contributed by atoms with Gasteiger partial charge in [0.1, 0.15) is 0 Å². The lowest BCUT2D eigenvalue weighted by Crippen LogP contribution is -2.44. The number of carbonyl (C=O) groups is 2. The Hall–Kier alpha value is -1.63. The Morgan fingerprint density at radius 3 is 3.00 bits per heavy atom. The van der Waals surface area contributed by atoms with E-state index in [9.17, 15) is 9.59 Å². The zero-order valence-electron chi connectivity index (χ0n) is 10.6. The van der Waals surface area contributed by atoms with Gasteiger partial charge in [-0.15, -0.1) is 0 Å². The Bertz CT molecular complexity index is 590. The molecule has 7 heteroatoms. The topological polar surface area (TPSA) is 78.9 Å². The quantitative estimate of drug-likeness (QED) is 0.784. The summed E-state index contributed by atoms with van der Waals surface area (Å²) < 4.78 is 5.39. The number of amides is 1. The molecule has 0 saturated carbocycles. The molecule has 1 aromatic carbocycles. The van der Waals surface area contributed by atoms with E-state index in [-0.39, 0.29) is 12.7 Å². The second kappa shape index (κ2) is 5.05. The number of aliphatic hydroxyl groups is 1. The van der Waals surface area contributed by atoms with E-state index in [1.54, 1.807) is 6.07 Å². The third-order valence-corrected chi connectivity index (χ3v) is 3.77. The predicted molar refractivity (Wildman–Crippen MR) is 73.5 cm³/mol. The first kappa shape index (κ1) is 13.4. The first-order chi connectivity index (χ1) is 9.60. The molecule has 2 heterocycles. The van der Waals surface area contributed by atoms with Crippen LogP contribution in [0.5, 0.6) is 0 Å². The van der Waals surface area contributed by atoms with Crippen LogP contribution in [0.2, 0.25) is 5.02 Å². The van der Waals surface area contributed by atoms with Crippen molar-refractivity contribution in [1.29, 1.82) is 0 Å². The van der Waals surface area contributed by atoms with Crippen LogP contribution in [0.3, 0.4) is 0 Å². The van der Waals surface area contributed by atoms with E-state index in [0.29, 0.717) is 36.0 Å². The van der Waals surface area contributed by atoms with Crippen LogP contribution >= 0.6 is 11.6 Å². The van der Waals surface area contributed by atoms with Gasteiger partial charge in [-0.05, 0) is 12.1 Å². The SMILES string of the molecule is O=C1Nc2cc(N3CCOC(CO)C3)c(Cl)cc2C1=O. The number of benzene rings is 1. The minimum atomic E-state index is -0.636. The van der Waals surface area contributed by atoms with Crippen LogP contribution in [-0.4, -0.2) is 49.2 Å². The molecule has 1 aromatic rings. The molecule has 20 heavy (non-hydrogen) atoms. The van der Waals surface area contributed by atoms with Crippen LogP contribution in [0.25, 0.3) is 0 Å². The Labute approximate surface area is 120 Å². The molecule has 2 aliphatic heterocycles. The number of Topliss-reactive ketones (excluding diaryl/α,β-unsaturated/α-hetero) is 1. The van der Waals surface area contributed by atoms with E-state index in [2.05, 4.69) is 5.32 Å². The summed E-state index contributed by atoms with van der Waals surface area (Å²) in [6, 6.07) is 3.20. The van der Waals surface area contributed by atoms with Crippen molar-refractivity contribution in [2.75, 3.05) is 36.5 Å². The molecule has 0 spiro atoms. The molecule has 2 aliphatic rings. The van der Waals surface area contributed by atoms with E-state index < -0.39 is 11.7 Å². The summed E-state index contributed by atoms with van der Waals surface area (Å²) in [6.45, 7) is 1.58. The molecule has 0 radical (unpaired) electrons. The number of hydrogen-bond acceptors (Lipinski definition) is 5. The highest BCUT2D eigenvalue weighted by atomic mass is 35.5. The maximum absolute atomic E-state index is 11.6. The first-order valence-corrected chi connectivity index (χ1v) is 6.64. The molecule has 0 aromatic heterocycles. The van der Waals surface area contributed by atoms with Crippen molar-refractivity contribution < 1.29 is 19.4 Å². The molecule has 1 saturated heterocycles. The Morgan fingerprint density at radius 2 is 2.25 bits per heavy atom. The van der Waals surface area contributed by atoms with Gasteiger partial charge in [0.2, 0.25) is 0 Å². The lowest BCUT2D eigenvalue weighted by molar-refractivity contribution is -0.112. The molecule has 1 fully saturated rings. The van der Waals surface area contributed by atoms with Gasteiger partial charge in [0.05, 0.1) is 41.3 Å². The number of ketones is 1. The van der Waals surface area contributed by atoms with Crippen LogP contribution in [0.15, 0.2) is 12.1 Å². The molecule has 0 aliphatic carbocycles. The molecule has 106 valence electrons. The fourth-order valence-electron chi connectivity index (χ4n) is 2.45. The summed E-state index contributed by atoms with van der Waals surface area (Å²) in [5.74, 6) is -1.20. The lowest BCUT2D eigenvalue weighted by atomic mass is 10.1. The molecule has 1 amide bonds. The second-order valence-electron chi connectivity index (χ2n) is 4.75. The minimum absolute atomic E-state index is 0.0612. The Morgan fingerprint density at radius 1 is 1.45 bits per heavy atom. The predicted octanol–water partition coefficient (Wildman–Crippen LogP) is 0.672. The molecular weight excluding hydrogens is 284 g/mol. The largest absolute Gasteiger partial charge is 0.394 e. The van der Waals surface area contributed by atoms with E-state index in [4.69, 9.17) is 21.4 Å². The maximum Gasteiger partial charge on any atom is 0.296 e. The zero-order chi connectivity index (χ0) is 14.3. The number of carbonyl (C=O) groups excluding carboxylic acids is 2. The minimum Gasteiger partial charge on any atom is -0.394 e. The summed E-state index contributed by atoms with van der Waals surface area (Å²) >= 11 is 6.21. The monoisotopic (exact) mass is 296 g/mol. The van der Waals surface area contributed by atoms with Gasteiger partial charge in [-0.3, -0.25) is 9.59 Å². The Kier molecular flexibility index (Phi) is 3.37. The summed E-state index contributed by atoms with van der Waals surface area (Å²) in [4.78, 5) is 24.9. The summed E-state index contributed by atoms with van der Waals surface area (Å²) in [7, 11) is 0. The third-order valence-electron chi connectivity index (χ3n) is 3.47. The number of anilines is 2. The summed E-state index contributed by atoms with van der Waals surface area (Å²) in [5.41, 5.74) is 1.50. The number of nitrogens with zero attached hydrogens (tertiary/aromatic N) is 1. The number of halogens is 1. The molecule has 2 N–H and O–H groups in total. The third kappa shape index (κ3) is 2.15. The number of hydrogen-bond donors (Lipinski definition) is 2. The van der Waals surface area contributed by atoms with Gasteiger partial charge in [0, 0.05) is 13.1 Å². The van der Waals surface area contributed by atoms with Gasteiger partial charge in [0.15, 0.2) is 0 Å². The van der Waals surface area contributed by atoms with Gasteiger partial charge in [-0.2, -0.15) is 0 Å². The molecular formula is C13H13ClN2O4. The van der Waals surface area contributed by atoms with Crippen molar-refractivity contribution in [3.05, 3.63) is 22.7 Å². The van der Waals surface area contributed by atoms with E-state index in [1.807, 2.05) is 4.90 Å². The van der Waals surface area contributed by atoms with Crippen molar-refractivity contribution in [3.63, 3.8) is 0 Å². The van der Waals surface area contributed by atoms with Crippen molar-refractivity contribution in [1.82, 2.24) is 0 Å². The second-order valence-corrected chi connectivity index (χ2v) is 5.16. The molecule has 3 rings (SSSR count). The van der Waals surface area contributed by atoms with Gasteiger partial charge in [0.25, 0.3) is 11.7 Å². The number of aliphatic hydroxyl groups excluding tert-OH is 1. The highest BCUT2D eigenvalue weighted by Gasteiger charge is 2.30. The molecule has 6 nitrogen and oxygen atoms in total. The van der Waals surface area contributed by atoms with Crippen molar-refractivity contribution >= 4 is 34.7 Å². The molecule has 1 atom stereocenters. The summed E-state index contributed by atoms with van der Waals surface area (Å²) in [5, 5.41) is 12.1. The number of fused-ring (bicyclic) bond motifs is 1. The van der Waals surface area contributed by atoms with Crippen molar-refractivity contribution in [2.24, 2.45) is 0 Å². The highest BCUT2D eigenvalue weighted by Crippen LogP contribution is 2.35. The maximum atomic E-state index is 11.6. The number of morpholine rings is 1. The average molecular weight is 297 g/mol. The normalized spacial score (nSPS) is 21.9. The number of ether oxygens (including phenoxy) is 1. The van der Waals surface area contributed by atoms with Gasteiger partial charge in [-0.25, -0.2) is 0 Å². The van der Waals surface area contributed by atoms with Crippen LogP contribution in [0.4, 0.5) is 11.4 Å². The first-order valence-electron chi connectivity index (χ1n) is 6.27. The van der Waals surface area contributed by atoms with Crippen LogP contribution in [-0.2, 0) is 9.53 Å². The standard InChI is InChI=1S/C13H13ClN2O4/c14-9-3-8-10(15-13(19)12(8)18)4-11(9)16-1-2-20-7(5-16)6-17/h3-4,7,17H,1-2,5-6H2,(H,15,18,19). The van der Waals surface area contributed by atoms with Crippen molar-refractivity contribution in [2.45, 2.75) is 6.10 Å². The number of rotatable bonds is 2. The summed E-state index contributed by atoms with van der Waals surface area (Å²) in [6.07, 6.45) is -0.260.